The van der Waals surface area contributed by atoms with Gasteiger partial charge in [-0.1, -0.05) is 15.9 Å². The van der Waals surface area contributed by atoms with Gasteiger partial charge in [-0.15, -0.1) is 0 Å². The number of unbranched alkanes of at least 4 members (excludes halogenated alkanes) is 1. The zero-order chi connectivity index (χ0) is 10.4. The summed E-state index contributed by atoms with van der Waals surface area (Å²) < 4.78 is 7.62. The molecule has 0 aliphatic carbocycles. The Labute approximate surface area is 107 Å². The van der Waals surface area contributed by atoms with Crippen molar-refractivity contribution < 1.29 is 4.74 Å². The van der Waals surface area contributed by atoms with Gasteiger partial charge in [0.2, 0.25) is 0 Å². The second kappa shape index (κ2) is 6.75. The molecule has 0 amide bonds. The molecule has 4 heteroatoms. The Morgan fingerprint density at radius 1 is 1.21 bits per heavy atom. The van der Waals surface area contributed by atoms with Gasteiger partial charge in [-0.25, -0.2) is 0 Å². The first-order chi connectivity index (χ1) is 6.74. The number of hydrogen-bond acceptors (Lipinski definition) is 2. The molecule has 0 unspecified atom stereocenters. The fourth-order valence-corrected chi connectivity index (χ4v) is 2.37. The molecule has 0 N–H and O–H groups in total. The van der Waals surface area contributed by atoms with Crippen LogP contribution in [0.2, 0.25) is 0 Å². The largest absolute Gasteiger partial charge is 0.492 e. The predicted molar refractivity (Wildman–Crippen MR) is 70.4 cm³/mol. The van der Waals surface area contributed by atoms with Gasteiger partial charge in [-0.2, -0.15) is 12.6 Å². The highest BCUT2D eigenvalue weighted by Crippen LogP contribution is 2.28. The van der Waals surface area contributed by atoms with E-state index in [4.69, 9.17) is 4.74 Å². The molecule has 0 bridgehead atoms. The van der Waals surface area contributed by atoms with Crippen molar-refractivity contribution >= 4 is 44.5 Å². The molecule has 0 radical (unpaired) electrons. The average molecular weight is 340 g/mol. The molecule has 0 atom stereocenters. The Morgan fingerprint density at radius 3 is 2.64 bits per heavy atom. The molecule has 0 heterocycles. The van der Waals surface area contributed by atoms with Crippen LogP contribution in [-0.4, -0.2) is 12.4 Å². The SMILES string of the molecule is SCCCCOc1ccc(Br)cc1Br. The fourth-order valence-electron chi connectivity index (χ4n) is 0.988. The van der Waals surface area contributed by atoms with Gasteiger partial charge in [0.1, 0.15) is 5.75 Å². The standard InChI is InChI=1S/C10H12Br2OS/c11-8-3-4-10(9(12)7-8)13-5-1-2-6-14/h3-4,7,14H,1-2,5-6H2. The second-order valence-corrected chi connectivity index (χ2v) is 5.07. The van der Waals surface area contributed by atoms with Crippen molar-refractivity contribution in [1.29, 1.82) is 0 Å². The Bertz CT molecular complexity index is 291. The second-order valence-electron chi connectivity index (χ2n) is 2.85. The minimum Gasteiger partial charge on any atom is -0.492 e. The van der Waals surface area contributed by atoms with Crippen LogP contribution in [0.5, 0.6) is 5.75 Å². The van der Waals surface area contributed by atoms with E-state index in [0.29, 0.717) is 0 Å². The van der Waals surface area contributed by atoms with Crippen molar-refractivity contribution in [2.45, 2.75) is 12.8 Å². The zero-order valence-corrected chi connectivity index (χ0v) is 11.7. The molecule has 0 aliphatic heterocycles. The van der Waals surface area contributed by atoms with Crippen LogP contribution in [-0.2, 0) is 0 Å². The summed E-state index contributed by atoms with van der Waals surface area (Å²) in [5.41, 5.74) is 0. The van der Waals surface area contributed by atoms with Gasteiger partial charge in [0.25, 0.3) is 0 Å². The molecule has 14 heavy (non-hydrogen) atoms. The van der Waals surface area contributed by atoms with Crippen molar-refractivity contribution in [3.63, 3.8) is 0 Å². The van der Waals surface area contributed by atoms with Crippen molar-refractivity contribution in [3.8, 4) is 5.75 Å². The molecule has 0 saturated heterocycles. The van der Waals surface area contributed by atoms with Crippen LogP contribution in [0.3, 0.4) is 0 Å². The molecule has 1 rings (SSSR count). The van der Waals surface area contributed by atoms with Crippen LogP contribution in [0.1, 0.15) is 12.8 Å². The van der Waals surface area contributed by atoms with E-state index in [2.05, 4.69) is 44.5 Å². The first-order valence-corrected chi connectivity index (χ1v) is 6.64. The average Bonchev–Trinajstić information content (AvgIpc) is 2.15. The van der Waals surface area contributed by atoms with Gasteiger partial charge in [0, 0.05) is 4.47 Å². The lowest BCUT2D eigenvalue weighted by atomic mass is 10.3. The molecule has 0 spiro atoms. The zero-order valence-electron chi connectivity index (χ0n) is 7.67. The third-order valence-corrected chi connectivity index (χ3v) is 3.13. The lowest BCUT2D eigenvalue weighted by molar-refractivity contribution is 0.308. The van der Waals surface area contributed by atoms with Gasteiger partial charge in [0.15, 0.2) is 0 Å². The number of rotatable bonds is 5. The minimum absolute atomic E-state index is 0.751. The fraction of sp³-hybridized carbons (Fsp3) is 0.400. The van der Waals surface area contributed by atoms with Crippen molar-refractivity contribution in [2.24, 2.45) is 0 Å². The molecular weight excluding hydrogens is 328 g/mol. The summed E-state index contributed by atoms with van der Waals surface area (Å²) in [5, 5.41) is 0. The van der Waals surface area contributed by atoms with Gasteiger partial charge in [-0.3, -0.25) is 0 Å². The smallest absolute Gasteiger partial charge is 0.133 e. The van der Waals surface area contributed by atoms with E-state index in [1.54, 1.807) is 0 Å². The van der Waals surface area contributed by atoms with Crippen molar-refractivity contribution in [2.75, 3.05) is 12.4 Å². The summed E-state index contributed by atoms with van der Waals surface area (Å²) in [5.74, 6) is 1.82. The molecule has 0 fully saturated rings. The Balaban J connectivity index is 2.42. The number of thiol groups is 1. The van der Waals surface area contributed by atoms with E-state index in [1.165, 1.54) is 0 Å². The first-order valence-electron chi connectivity index (χ1n) is 4.43. The molecule has 1 nitrogen and oxygen atoms in total. The van der Waals surface area contributed by atoms with E-state index >= 15 is 0 Å². The van der Waals surface area contributed by atoms with Crippen molar-refractivity contribution in [3.05, 3.63) is 27.1 Å². The molecule has 1 aromatic carbocycles. The highest BCUT2D eigenvalue weighted by atomic mass is 79.9. The van der Waals surface area contributed by atoms with Gasteiger partial charge < -0.3 is 4.74 Å². The number of halogens is 2. The summed E-state index contributed by atoms with van der Waals surface area (Å²) in [6.07, 6.45) is 2.14. The summed E-state index contributed by atoms with van der Waals surface area (Å²) >= 11 is 11.0. The maximum Gasteiger partial charge on any atom is 0.133 e. The van der Waals surface area contributed by atoms with E-state index in [-0.39, 0.29) is 0 Å². The maximum absolute atomic E-state index is 5.59. The maximum atomic E-state index is 5.59. The number of ether oxygens (including phenoxy) is 1. The monoisotopic (exact) mass is 338 g/mol. The van der Waals surface area contributed by atoms with E-state index in [9.17, 15) is 0 Å². The Hall–Kier alpha value is 0.330. The number of benzene rings is 1. The lowest BCUT2D eigenvalue weighted by Crippen LogP contribution is -1.98. The van der Waals surface area contributed by atoms with Crippen LogP contribution < -0.4 is 4.74 Å². The van der Waals surface area contributed by atoms with Crippen LogP contribution in [0.4, 0.5) is 0 Å². The van der Waals surface area contributed by atoms with Crippen LogP contribution >= 0.6 is 44.5 Å². The lowest BCUT2D eigenvalue weighted by Gasteiger charge is -2.07. The van der Waals surface area contributed by atoms with E-state index in [0.717, 1.165) is 39.9 Å². The first kappa shape index (κ1) is 12.4. The van der Waals surface area contributed by atoms with Crippen LogP contribution in [0.25, 0.3) is 0 Å². The summed E-state index contributed by atoms with van der Waals surface area (Å²) in [7, 11) is 0. The van der Waals surface area contributed by atoms with E-state index < -0.39 is 0 Å². The van der Waals surface area contributed by atoms with Gasteiger partial charge in [0.05, 0.1) is 11.1 Å². The highest BCUT2D eigenvalue weighted by molar-refractivity contribution is 9.11. The minimum atomic E-state index is 0.751. The highest BCUT2D eigenvalue weighted by Gasteiger charge is 2.00. The molecule has 1 aromatic rings. The van der Waals surface area contributed by atoms with Crippen molar-refractivity contribution in [1.82, 2.24) is 0 Å². The van der Waals surface area contributed by atoms with Crippen LogP contribution in [0.15, 0.2) is 27.1 Å². The predicted octanol–water partition coefficient (Wildman–Crippen LogP) is 4.30. The Morgan fingerprint density at radius 2 is 2.00 bits per heavy atom. The summed E-state index contributed by atoms with van der Waals surface area (Å²) in [4.78, 5) is 0. The van der Waals surface area contributed by atoms with Gasteiger partial charge >= 0.3 is 0 Å². The van der Waals surface area contributed by atoms with Crippen LogP contribution in [0, 0.1) is 0 Å². The Kier molecular flexibility index (Phi) is 5.98. The quantitative estimate of drug-likeness (QED) is 0.621. The molecule has 0 aromatic heterocycles. The van der Waals surface area contributed by atoms with Gasteiger partial charge in [-0.05, 0) is 52.7 Å². The molecule has 0 saturated carbocycles. The molecular formula is C10H12Br2OS. The summed E-state index contributed by atoms with van der Waals surface area (Å²) in [6, 6.07) is 5.90. The summed E-state index contributed by atoms with van der Waals surface area (Å²) in [6.45, 7) is 0.751. The molecule has 78 valence electrons. The number of hydrogen-bond donors (Lipinski definition) is 1. The third kappa shape index (κ3) is 4.24. The topological polar surface area (TPSA) is 9.23 Å². The van der Waals surface area contributed by atoms with E-state index in [1.807, 2.05) is 18.2 Å². The molecule has 0 aliphatic rings. The third-order valence-electron chi connectivity index (χ3n) is 1.70. The normalized spacial score (nSPS) is 10.2.